The Bertz CT molecular complexity index is 1370. The van der Waals surface area contributed by atoms with Crippen LogP contribution in [-0.4, -0.2) is 27.3 Å². The molecule has 4 rings (SSSR count). The van der Waals surface area contributed by atoms with Crippen molar-refractivity contribution in [2.24, 2.45) is 0 Å². The van der Waals surface area contributed by atoms with Gasteiger partial charge in [0.2, 0.25) is 5.91 Å². The number of anilines is 3. The summed E-state index contributed by atoms with van der Waals surface area (Å²) in [5, 5.41) is 2.72. The summed E-state index contributed by atoms with van der Waals surface area (Å²) in [5.41, 5.74) is 2.60. The molecule has 9 heteroatoms. The van der Waals surface area contributed by atoms with E-state index in [0.29, 0.717) is 29.3 Å². The van der Waals surface area contributed by atoms with Crippen LogP contribution in [0, 0.1) is 6.92 Å². The smallest absolute Gasteiger partial charge is 0.261 e. The Morgan fingerprint density at radius 3 is 2.35 bits per heavy atom. The van der Waals surface area contributed by atoms with Gasteiger partial charge in [-0.3, -0.25) is 14.3 Å². The van der Waals surface area contributed by atoms with E-state index in [1.807, 2.05) is 26.0 Å². The number of carbonyl (C=O) groups excluding carboxylic acids is 2. The van der Waals surface area contributed by atoms with Crippen molar-refractivity contribution in [3.8, 4) is 11.5 Å². The molecule has 8 nitrogen and oxygen atoms in total. The van der Waals surface area contributed by atoms with Gasteiger partial charge >= 0.3 is 0 Å². The van der Waals surface area contributed by atoms with Gasteiger partial charge in [-0.1, -0.05) is 13.0 Å². The fourth-order valence-corrected chi connectivity index (χ4v) is 4.67. The minimum Gasteiger partial charge on any atom is -0.454 e. The highest BCUT2D eigenvalue weighted by atomic mass is 32.2. The Kier molecular flexibility index (Phi) is 6.30. The van der Waals surface area contributed by atoms with E-state index in [9.17, 15) is 18.0 Å². The number of carbonyl (C=O) groups is 2. The van der Waals surface area contributed by atoms with Gasteiger partial charge in [0.1, 0.15) is 5.75 Å². The van der Waals surface area contributed by atoms with E-state index >= 15 is 0 Å². The summed E-state index contributed by atoms with van der Waals surface area (Å²) in [6.45, 7) is 3.83. The molecule has 1 heterocycles. The average molecular weight is 480 g/mol. The molecule has 0 saturated heterocycles. The molecule has 0 aromatic heterocycles. The topological polar surface area (TPSA) is 105 Å². The van der Waals surface area contributed by atoms with Gasteiger partial charge in [0.15, 0.2) is 5.75 Å². The molecule has 3 aromatic carbocycles. The first-order chi connectivity index (χ1) is 16.2. The maximum atomic E-state index is 13.1. The van der Waals surface area contributed by atoms with Crippen LogP contribution in [0.3, 0.4) is 0 Å². The van der Waals surface area contributed by atoms with Gasteiger partial charge in [-0.25, -0.2) is 8.42 Å². The molecular formula is C25H25N3O5S. The largest absolute Gasteiger partial charge is 0.454 e. The fourth-order valence-electron chi connectivity index (χ4n) is 3.62. The zero-order valence-corrected chi connectivity index (χ0v) is 19.9. The van der Waals surface area contributed by atoms with E-state index in [4.69, 9.17) is 4.74 Å². The van der Waals surface area contributed by atoms with E-state index in [2.05, 4.69) is 10.0 Å². The number of nitrogens with one attached hydrogen (secondary N) is 2. The lowest BCUT2D eigenvalue weighted by Gasteiger charge is -2.17. The van der Waals surface area contributed by atoms with Gasteiger partial charge in [0, 0.05) is 24.8 Å². The Morgan fingerprint density at radius 1 is 0.971 bits per heavy atom. The third-order valence-electron chi connectivity index (χ3n) is 5.39. The molecule has 1 aliphatic heterocycles. The first-order valence-corrected chi connectivity index (χ1v) is 12.3. The van der Waals surface area contributed by atoms with E-state index in [1.54, 1.807) is 25.2 Å². The number of benzene rings is 3. The minimum atomic E-state index is -3.92. The van der Waals surface area contributed by atoms with Crippen LogP contribution < -0.4 is 19.7 Å². The molecule has 0 aliphatic carbocycles. The monoisotopic (exact) mass is 479 g/mol. The predicted octanol–water partition coefficient (Wildman–Crippen LogP) is 4.92. The number of amides is 2. The summed E-state index contributed by atoms with van der Waals surface area (Å²) in [7, 11) is -2.27. The molecule has 0 saturated carbocycles. The second-order valence-corrected chi connectivity index (χ2v) is 9.76. The Hall–Kier alpha value is -3.85. The van der Waals surface area contributed by atoms with Crippen molar-refractivity contribution in [3.05, 3.63) is 71.8 Å². The lowest BCUT2D eigenvalue weighted by molar-refractivity contribution is -0.116. The van der Waals surface area contributed by atoms with Crippen LogP contribution in [0.25, 0.3) is 0 Å². The average Bonchev–Trinajstić information content (AvgIpc) is 2.89. The zero-order valence-electron chi connectivity index (χ0n) is 19.1. The molecule has 176 valence electrons. The zero-order chi connectivity index (χ0) is 24.5. The molecule has 0 bridgehead atoms. The van der Waals surface area contributed by atoms with Crippen LogP contribution >= 0.6 is 0 Å². The maximum Gasteiger partial charge on any atom is 0.261 e. The number of ether oxygens (including phenoxy) is 1. The molecule has 0 atom stereocenters. The fraction of sp³-hybridized carbons (Fsp3) is 0.200. The number of nitrogens with zero attached hydrogens (tertiary/aromatic N) is 1. The Morgan fingerprint density at radius 2 is 1.65 bits per heavy atom. The quantitative estimate of drug-likeness (QED) is 0.522. The van der Waals surface area contributed by atoms with Gasteiger partial charge in [-0.15, -0.1) is 0 Å². The number of hydrogen-bond donors (Lipinski definition) is 2. The van der Waals surface area contributed by atoms with Crippen molar-refractivity contribution in [2.45, 2.75) is 31.6 Å². The summed E-state index contributed by atoms with van der Waals surface area (Å²) in [5.74, 6) is 0.442. The molecule has 0 fully saturated rings. The van der Waals surface area contributed by atoms with Gasteiger partial charge in [0.25, 0.3) is 15.9 Å². The second-order valence-electron chi connectivity index (χ2n) is 8.08. The van der Waals surface area contributed by atoms with Crippen LogP contribution in [-0.2, 0) is 14.8 Å². The Balaban J connectivity index is 1.57. The number of aryl methyl sites for hydroxylation is 1. The number of fused-ring (bicyclic) bond motifs is 2. The highest BCUT2D eigenvalue weighted by molar-refractivity contribution is 7.92. The van der Waals surface area contributed by atoms with Crippen molar-refractivity contribution in [2.75, 3.05) is 22.0 Å². The molecule has 34 heavy (non-hydrogen) atoms. The summed E-state index contributed by atoms with van der Waals surface area (Å²) < 4.78 is 34.3. The molecule has 0 radical (unpaired) electrons. The number of rotatable bonds is 6. The maximum absolute atomic E-state index is 13.1. The first-order valence-electron chi connectivity index (χ1n) is 10.8. The molecule has 3 aromatic rings. The van der Waals surface area contributed by atoms with E-state index in [1.165, 1.54) is 35.2 Å². The standard InChI is InChI=1S/C25H25N3O5S/c1-4-5-24(29)26-17-7-10-19(11-8-17)34(31,32)27-18-9-13-22-20(15-18)25(30)28(3)21-14-16(2)6-12-23(21)33-22/h6-15,27H,4-5H2,1-3H3,(H,26,29). The van der Waals surface area contributed by atoms with Crippen molar-refractivity contribution in [1.82, 2.24) is 0 Å². The molecular weight excluding hydrogens is 454 g/mol. The minimum absolute atomic E-state index is 0.0264. The van der Waals surface area contributed by atoms with Crippen molar-refractivity contribution in [3.63, 3.8) is 0 Å². The predicted molar refractivity (Wildman–Crippen MR) is 131 cm³/mol. The van der Waals surface area contributed by atoms with E-state index < -0.39 is 10.0 Å². The third-order valence-corrected chi connectivity index (χ3v) is 6.79. The number of sulfonamides is 1. The van der Waals surface area contributed by atoms with Gasteiger partial charge < -0.3 is 15.0 Å². The van der Waals surface area contributed by atoms with Crippen molar-refractivity contribution in [1.29, 1.82) is 0 Å². The van der Waals surface area contributed by atoms with Crippen LogP contribution in [0.15, 0.2) is 65.6 Å². The number of hydrogen-bond acceptors (Lipinski definition) is 5. The lowest BCUT2D eigenvalue weighted by atomic mass is 10.1. The summed E-state index contributed by atoms with van der Waals surface area (Å²) in [4.78, 5) is 26.3. The first kappa shape index (κ1) is 23.3. The molecule has 0 spiro atoms. The second kappa shape index (κ2) is 9.18. The van der Waals surface area contributed by atoms with Crippen molar-refractivity contribution < 1.29 is 22.7 Å². The summed E-state index contributed by atoms with van der Waals surface area (Å²) >= 11 is 0. The molecule has 0 unspecified atom stereocenters. The van der Waals surface area contributed by atoms with Gasteiger partial charge in [-0.2, -0.15) is 0 Å². The van der Waals surface area contributed by atoms with Crippen LogP contribution in [0.4, 0.5) is 17.1 Å². The lowest BCUT2D eigenvalue weighted by Crippen LogP contribution is -2.25. The van der Waals surface area contributed by atoms with Gasteiger partial charge in [-0.05, 0) is 73.5 Å². The highest BCUT2D eigenvalue weighted by Crippen LogP contribution is 2.39. The van der Waals surface area contributed by atoms with E-state index in [0.717, 1.165) is 12.0 Å². The normalized spacial score (nSPS) is 12.8. The summed E-state index contributed by atoms with van der Waals surface area (Å²) in [6.07, 6.45) is 1.11. The molecule has 2 amide bonds. The highest BCUT2D eigenvalue weighted by Gasteiger charge is 2.27. The third kappa shape index (κ3) is 4.74. The van der Waals surface area contributed by atoms with Crippen LogP contribution in [0.1, 0.15) is 35.7 Å². The van der Waals surface area contributed by atoms with Gasteiger partial charge in [0.05, 0.1) is 16.1 Å². The summed E-state index contributed by atoms with van der Waals surface area (Å²) in [6, 6.07) is 16.0. The van der Waals surface area contributed by atoms with Crippen molar-refractivity contribution >= 4 is 38.9 Å². The van der Waals surface area contributed by atoms with Crippen LogP contribution in [0.2, 0.25) is 0 Å². The van der Waals surface area contributed by atoms with E-state index in [-0.39, 0.29) is 28.0 Å². The Labute approximate surface area is 198 Å². The SMILES string of the molecule is CCCC(=O)Nc1ccc(S(=O)(=O)Nc2ccc3c(c2)C(=O)N(C)c2cc(C)ccc2O3)cc1. The van der Waals surface area contributed by atoms with Crippen LogP contribution in [0.5, 0.6) is 11.5 Å². The molecule has 1 aliphatic rings. The molecule has 2 N–H and O–H groups in total.